The van der Waals surface area contributed by atoms with Crippen molar-refractivity contribution in [1.29, 1.82) is 0 Å². The first-order valence-electron chi connectivity index (χ1n) is 3.79. The summed E-state index contributed by atoms with van der Waals surface area (Å²) in [5, 5.41) is 0.947. The third-order valence-corrected chi connectivity index (χ3v) is 3.63. The van der Waals surface area contributed by atoms with Crippen LogP contribution in [0.1, 0.15) is 5.01 Å². The molecule has 2 aromatic rings. The fraction of sp³-hybridized carbons (Fsp3) is 0.125. The van der Waals surface area contributed by atoms with Crippen molar-refractivity contribution in [3.05, 3.63) is 28.1 Å². The van der Waals surface area contributed by atoms with Crippen LogP contribution in [0.15, 0.2) is 23.1 Å². The molecule has 0 radical (unpaired) electrons. The Morgan fingerprint density at radius 1 is 1.62 bits per heavy atom. The van der Waals surface area contributed by atoms with Gasteiger partial charge in [0.2, 0.25) is 0 Å². The van der Waals surface area contributed by atoms with Gasteiger partial charge in [0, 0.05) is 24.5 Å². The first-order chi connectivity index (χ1) is 6.31. The number of nitrogens with zero attached hydrogens (tertiary/aromatic N) is 1. The summed E-state index contributed by atoms with van der Waals surface area (Å²) in [4.78, 5) is 8.42. The summed E-state index contributed by atoms with van der Waals surface area (Å²) in [5.41, 5.74) is 6.65. The number of halogens is 1. The molecule has 3 N–H and O–H groups in total. The molecule has 0 aliphatic rings. The van der Waals surface area contributed by atoms with E-state index in [2.05, 4.69) is 25.9 Å². The quantitative estimate of drug-likeness (QED) is 0.868. The lowest BCUT2D eigenvalue weighted by molar-refractivity contribution is 1.03. The molecule has 0 aliphatic heterocycles. The van der Waals surface area contributed by atoms with Crippen molar-refractivity contribution < 1.29 is 0 Å². The standard InChI is InChI=1S/C8H8BrN3S/c9-8-7(5-1-2-11-4-5)13-6(3-10)12-8/h1-2,4,11H,3,10H2. The predicted molar refractivity (Wildman–Crippen MR) is 57.5 cm³/mol. The highest BCUT2D eigenvalue weighted by molar-refractivity contribution is 9.10. The minimum atomic E-state index is 0.494. The summed E-state index contributed by atoms with van der Waals surface area (Å²) >= 11 is 5.02. The number of hydrogen-bond acceptors (Lipinski definition) is 3. The van der Waals surface area contributed by atoms with Gasteiger partial charge in [-0.15, -0.1) is 11.3 Å². The van der Waals surface area contributed by atoms with Crippen LogP contribution in [0.25, 0.3) is 10.4 Å². The molecule has 0 aromatic carbocycles. The molecule has 5 heteroatoms. The van der Waals surface area contributed by atoms with E-state index in [-0.39, 0.29) is 0 Å². The van der Waals surface area contributed by atoms with Gasteiger partial charge in [-0.3, -0.25) is 0 Å². The lowest BCUT2D eigenvalue weighted by Crippen LogP contribution is -1.93. The molecule has 0 saturated carbocycles. The Hall–Kier alpha value is -0.650. The van der Waals surface area contributed by atoms with Crippen LogP contribution in [0.2, 0.25) is 0 Å². The topological polar surface area (TPSA) is 54.7 Å². The van der Waals surface area contributed by atoms with Gasteiger partial charge in [0.15, 0.2) is 0 Å². The highest BCUT2D eigenvalue weighted by Gasteiger charge is 2.09. The first-order valence-corrected chi connectivity index (χ1v) is 5.40. The summed E-state index contributed by atoms with van der Waals surface area (Å²) in [7, 11) is 0. The molecular weight excluding hydrogens is 250 g/mol. The molecule has 0 spiro atoms. The van der Waals surface area contributed by atoms with Crippen molar-refractivity contribution in [1.82, 2.24) is 9.97 Å². The molecule has 3 nitrogen and oxygen atoms in total. The number of nitrogens with one attached hydrogen (secondary N) is 1. The molecular formula is C8H8BrN3S. The average Bonchev–Trinajstić information content (AvgIpc) is 2.72. The van der Waals surface area contributed by atoms with Gasteiger partial charge in [0.25, 0.3) is 0 Å². The second-order valence-electron chi connectivity index (χ2n) is 2.53. The van der Waals surface area contributed by atoms with Gasteiger partial charge in [-0.2, -0.15) is 0 Å². The maximum absolute atomic E-state index is 5.50. The molecule has 2 rings (SSSR count). The number of aromatic nitrogens is 2. The third-order valence-electron chi connectivity index (χ3n) is 1.66. The van der Waals surface area contributed by atoms with Crippen LogP contribution in [-0.2, 0) is 6.54 Å². The van der Waals surface area contributed by atoms with Crippen LogP contribution in [0, 0.1) is 0 Å². The SMILES string of the molecule is NCc1nc(Br)c(-c2cc[nH]c2)s1. The largest absolute Gasteiger partial charge is 0.367 e. The summed E-state index contributed by atoms with van der Waals surface area (Å²) in [5.74, 6) is 0. The lowest BCUT2D eigenvalue weighted by Gasteiger charge is -1.88. The number of rotatable bonds is 2. The molecule has 0 unspecified atom stereocenters. The van der Waals surface area contributed by atoms with Crippen LogP contribution in [0.5, 0.6) is 0 Å². The number of nitrogens with two attached hydrogens (primary N) is 1. The van der Waals surface area contributed by atoms with Crippen LogP contribution in [0.4, 0.5) is 0 Å². The Labute approximate surface area is 88.1 Å². The smallest absolute Gasteiger partial charge is 0.125 e. The minimum Gasteiger partial charge on any atom is -0.367 e. The van der Waals surface area contributed by atoms with E-state index >= 15 is 0 Å². The highest BCUT2D eigenvalue weighted by Crippen LogP contribution is 2.33. The van der Waals surface area contributed by atoms with Gasteiger partial charge in [0.05, 0.1) is 4.88 Å². The van der Waals surface area contributed by atoms with E-state index in [1.807, 2.05) is 18.5 Å². The second kappa shape index (κ2) is 3.61. The Morgan fingerprint density at radius 3 is 3.00 bits per heavy atom. The number of hydrogen-bond donors (Lipinski definition) is 2. The van der Waals surface area contributed by atoms with Gasteiger partial charge in [-0.1, -0.05) is 0 Å². The molecule has 0 bridgehead atoms. The molecule has 2 heterocycles. The van der Waals surface area contributed by atoms with E-state index in [1.165, 1.54) is 0 Å². The van der Waals surface area contributed by atoms with E-state index in [0.29, 0.717) is 6.54 Å². The van der Waals surface area contributed by atoms with E-state index in [1.54, 1.807) is 11.3 Å². The van der Waals surface area contributed by atoms with Gasteiger partial charge in [-0.25, -0.2) is 4.98 Å². The fourth-order valence-corrected chi connectivity index (χ4v) is 2.71. The van der Waals surface area contributed by atoms with Crippen LogP contribution in [-0.4, -0.2) is 9.97 Å². The molecule has 68 valence electrons. The number of aromatic amines is 1. The van der Waals surface area contributed by atoms with E-state index in [9.17, 15) is 0 Å². The Morgan fingerprint density at radius 2 is 2.46 bits per heavy atom. The van der Waals surface area contributed by atoms with E-state index in [0.717, 1.165) is 20.1 Å². The normalized spacial score (nSPS) is 10.6. The maximum Gasteiger partial charge on any atom is 0.125 e. The summed E-state index contributed by atoms with van der Waals surface area (Å²) in [6, 6.07) is 2.01. The van der Waals surface area contributed by atoms with Crippen LogP contribution < -0.4 is 5.73 Å². The fourth-order valence-electron chi connectivity index (χ4n) is 1.07. The Balaban J connectivity index is 2.46. The van der Waals surface area contributed by atoms with Crippen molar-refractivity contribution in [2.45, 2.75) is 6.54 Å². The molecule has 0 saturated heterocycles. The van der Waals surface area contributed by atoms with Crippen LogP contribution >= 0.6 is 27.3 Å². The average molecular weight is 258 g/mol. The van der Waals surface area contributed by atoms with Gasteiger partial charge in [0.1, 0.15) is 9.61 Å². The van der Waals surface area contributed by atoms with Crippen molar-refractivity contribution in [3.63, 3.8) is 0 Å². The summed E-state index contributed by atoms with van der Waals surface area (Å²) < 4.78 is 0.873. The second-order valence-corrected chi connectivity index (χ2v) is 4.37. The lowest BCUT2D eigenvalue weighted by atomic mass is 10.3. The molecule has 0 aliphatic carbocycles. The number of H-pyrrole nitrogens is 1. The monoisotopic (exact) mass is 257 g/mol. The number of thiazole rings is 1. The molecule has 0 amide bonds. The van der Waals surface area contributed by atoms with Gasteiger partial charge in [-0.05, 0) is 22.0 Å². The summed E-state index contributed by atoms with van der Waals surface area (Å²) in [6.45, 7) is 0.494. The van der Waals surface area contributed by atoms with Crippen molar-refractivity contribution in [3.8, 4) is 10.4 Å². The van der Waals surface area contributed by atoms with E-state index < -0.39 is 0 Å². The predicted octanol–water partition coefficient (Wildman–Crippen LogP) is 2.36. The molecule has 0 fully saturated rings. The zero-order valence-corrected chi connectivity index (χ0v) is 9.15. The Bertz CT molecular complexity index is 393. The molecule has 0 atom stereocenters. The minimum absolute atomic E-state index is 0.494. The van der Waals surface area contributed by atoms with E-state index in [4.69, 9.17) is 5.73 Å². The highest BCUT2D eigenvalue weighted by atomic mass is 79.9. The van der Waals surface area contributed by atoms with Crippen molar-refractivity contribution >= 4 is 27.3 Å². The third kappa shape index (κ3) is 1.67. The maximum atomic E-state index is 5.50. The zero-order valence-electron chi connectivity index (χ0n) is 6.75. The molecule has 2 aromatic heterocycles. The van der Waals surface area contributed by atoms with Gasteiger partial charge >= 0.3 is 0 Å². The Kier molecular flexibility index (Phi) is 2.48. The summed E-state index contributed by atoms with van der Waals surface area (Å²) in [6.07, 6.45) is 3.84. The molecule has 13 heavy (non-hydrogen) atoms. The first kappa shape index (κ1) is 8.93. The van der Waals surface area contributed by atoms with Crippen molar-refractivity contribution in [2.75, 3.05) is 0 Å². The van der Waals surface area contributed by atoms with Crippen LogP contribution in [0.3, 0.4) is 0 Å². The van der Waals surface area contributed by atoms with Crippen molar-refractivity contribution in [2.24, 2.45) is 5.73 Å². The van der Waals surface area contributed by atoms with Gasteiger partial charge < -0.3 is 10.7 Å². The zero-order chi connectivity index (χ0) is 9.26.